The molecule has 1 atom stereocenters. The van der Waals surface area contributed by atoms with Gasteiger partial charge in [-0.2, -0.15) is 0 Å². The quantitative estimate of drug-likeness (QED) is 0.818. The van der Waals surface area contributed by atoms with Crippen molar-refractivity contribution < 1.29 is 12.8 Å². The molecule has 0 spiro atoms. The lowest BCUT2D eigenvalue weighted by molar-refractivity contribution is 0.524. The van der Waals surface area contributed by atoms with E-state index in [1.54, 1.807) is 36.4 Å². The van der Waals surface area contributed by atoms with E-state index in [1.807, 2.05) is 6.92 Å². The molecule has 0 aliphatic rings. The summed E-state index contributed by atoms with van der Waals surface area (Å²) >= 11 is 0. The summed E-state index contributed by atoms with van der Waals surface area (Å²) in [5, 5.41) is 0. The monoisotopic (exact) mass is 335 g/mol. The van der Waals surface area contributed by atoms with Gasteiger partial charge in [0, 0.05) is 6.04 Å². The molecule has 1 N–H and O–H groups in total. The molecule has 0 aliphatic heterocycles. The first-order valence-electron chi connectivity index (χ1n) is 7.77. The molecule has 0 saturated heterocycles. The number of aryl methyl sites for hydroxylation is 1. The second-order valence-electron chi connectivity index (χ2n) is 5.68. The molecule has 0 heterocycles. The molecule has 124 valence electrons. The number of unbranched alkanes of at least 4 members (excludes halogenated alkanes) is 1. The number of hydrogen-bond donors (Lipinski definition) is 1. The zero-order chi connectivity index (χ0) is 16.9. The molecule has 2 rings (SSSR count). The van der Waals surface area contributed by atoms with Crippen LogP contribution in [0.2, 0.25) is 0 Å². The molecular weight excluding hydrogens is 313 g/mol. The lowest BCUT2D eigenvalue weighted by atomic mass is 10.0. The standard InChI is InChI=1S/C18H22FNO2S/c1-3-4-5-18(15-8-10-16(19)11-9-15)20-23(21,22)17-12-6-14(2)7-13-17/h6-13,18,20H,3-5H2,1-2H3. The minimum Gasteiger partial charge on any atom is -0.207 e. The minimum absolute atomic E-state index is 0.242. The summed E-state index contributed by atoms with van der Waals surface area (Å²) in [6.07, 6.45) is 2.52. The van der Waals surface area contributed by atoms with Crippen molar-refractivity contribution in [1.82, 2.24) is 4.72 Å². The van der Waals surface area contributed by atoms with Gasteiger partial charge in [0.25, 0.3) is 0 Å². The molecule has 0 amide bonds. The van der Waals surface area contributed by atoms with Gasteiger partial charge < -0.3 is 0 Å². The van der Waals surface area contributed by atoms with Crippen LogP contribution in [0, 0.1) is 12.7 Å². The molecule has 1 unspecified atom stereocenters. The average molecular weight is 335 g/mol. The Kier molecular flexibility index (Phi) is 5.91. The van der Waals surface area contributed by atoms with E-state index in [0.29, 0.717) is 6.42 Å². The molecule has 0 bridgehead atoms. The molecular formula is C18H22FNO2S. The van der Waals surface area contributed by atoms with Crippen LogP contribution in [0.5, 0.6) is 0 Å². The zero-order valence-corrected chi connectivity index (χ0v) is 14.2. The first-order valence-corrected chi connectivity index (χ1v) is 9.25. The highest BCUT2D eigenvalue weighted by Crippen LogP contribution is 2.23. The SMILES string of the molecule is CCCCC(NS(=O)(=O)c1ccc(C)cc1)c1ccc(F)cc1. The van der Waals surface area contributed by atoms with Crippen LogP contribution >= 0.6 is 0 Å². The van der Waals surface area contributed by atoms with Crippen molar-refractivity contribution in [2.24, 2.45) is 0 Å². The summed E-state index contributed by atoms with van der Waals surface area (Å²) < 4.78 is 41.0. The Morgan fingerprint density at radius 2 is 1.65 bits per heavy atom. The summed E-state index contributed by atoms with van der Waals surface area (Å²) in [4.78, 5) is 0.242. The Morgan fingerprint density at radius 1 is 1.04 bits per heavy atom. The maximum Gasteiger partial charge on any atom is 0.241 e. The number of rotatable bonds is 7. The molecule has 0 aromatic heterocycles. The Labute approximate surface area is 137 Å². The van der Waals surface area contributed by atoms with Gasteiger partial charge in [-0.05, 0) is 43.2 Å². The van der Waals surface area contributed by atoms with Crippen molar-refractivity contribution in [3.05, 3.63) is 65.5 Å². The van der Waals surface area contributed by atoms with Crippen molar-refractivity contribution in [3.8, 4) is 0 Å². The Morgan fingerprint density at radius 3 is 2.22 bits per heavy atom. The second-order valence-corrected chi connectivity index (χ2v) is 7.39. The highest BCUT2D eigenvalue weighted by Gasteiger charge is 2.21. The normalized spacial score (nSPS) is 13.0. The number of nitrogens with one attached hydrogen (secondary N) is 1. The molecule has 2 aromatic rings. The maximum absolute atomic E-state index is 13.1. The predicted molar refractivity (Wildman–Crippen MR) is 90.2 cm³/mol. The van der Waals surface area contributed by atoms with Crippen LogP contribution in [0.1, 0.15) is 43.4 Å². The fraction of sp³-hybridized carbons (Fsp3) is 0.333. The lowest BCUT2D eigenvalue weighted by Gasteiger charge is -2.19. The highest BCUT2D eigenvalue weighted by atomic mass is 32.2. The molecule has 2 aromatic carbocycles. The lowest BCUT2D eigenvalue weighted by Crippen LogP contribution is -2.28. The molecule has 5 heteroatoms. The summed E-state index contributed by atoms with van der Waals surface area (Å²) in [6, 6.07) is 12.4. The average Bonchev–Trinajstić information content (AvgIpc) is 2.52. The van der Waals surface area contributed by atoms with E-state index < -0.39 is 10.0 Å². The Balaban J connectivity index is 2.25. The van der Waals surface area contributed by atoms with Gasteiger partial charge >= 0.3 is 0 Å². The molecule has 0 radical (unpaired) electrons. The third kappa shape index (κ3) is 4.88. The second kappa shape index (κ2) is 7.70. The topological polar surface area (TPSA) is 46.2 Å². The zero-order valence-electron chi connectivity index (χ0n) is 13.4. The first kappa shape index (κ1) is 17.6. The number of sulfonamides is 1. The van der Waals surface area contributed by atoms with Gasteiger partial charge in [-0.1, -0.05) is 49.6 Å². The van der Waals surface area contributed by atoms with Crippen LogP contribution in [-0.4, -0.2) is 8.42 Å². The van der Waals surface area contributed by atoms with Gasteiger partial charge in [-0.15, -0.1) is 0 Å². The fourth-order valence-electron chi connectivity index (χ4n) is 2.37. The third-order valence-electron chi connectivity index (χ3n) is 3.75. The van der Waals surface area contributed by atoms with Crippen LogP contribution in [0.4, 0.5) is 4.39 Å². The molecule has 3 nitrogen and oxygen atoms in total. The van der Waals surface area contributed by atoms with Crippen LogP contribution in [-0.2, 0) is 10.0 Å². The van der Waals surface area contributed by atoms with E-state index in [-0.39, 0.29) is 16.8 Å². The largest absolute Gasteiger partial charge is 0.241 e. The van der Waals surface area contributed by atoms with E-state index in [2.05, 4.69) is 11.6 Å². The van der Waals surface area contributed by atoms with E-state index in [4.69, 9.17) is 0 Å². The smallest absolute Gasteiger partial charge is 0.207 e. The highest BCUT2D eigenvalue weighted by molar-refractivity contribution is 7.89. The summed E-state index contributed by atoms with van der Waals surface area (Å²) in [7, 11) is -3.61. The number of benzene rings is 2. The van der Waals surface area contributed by atoms with E-state index in [9.17, 15) is 12.8 Å². The van der Waals surface area contributed by atoms with Crippen molar-refractivity contribution in [2.45, 2.75) is 44.0 Å². The third-order valence-corrected chi connectivity index (χ3v) is 5.24. The van der Waals surface area contributed by atoms with E-state index in [0.717, 1.165) is 24.0 Å². The molecule has 23 heavy (non-hydrogen) atoms. The van der Waals surface area contributed by atoms with Crippen LogP contribution < -0.4 is 4.72 Å². The van der Waals surface area contributed by atoms with Gasteiger partial charge in [0.05, 0.1) is 4.90 Å². The number of hydrogen-bond acceptors (Lipinski definition) is 2. The van der Waals surface area contributed by atoms with E-state index in [1.165, 1.54) is 12.1 Å². The Bertz CT molecular complexity index is 725. The van der Waals surface area contributed by atoms with Gasteiger partial charge in [0.1, 0.15) is 5.82 Å². The molecule has 0 aliphatic carbocycles. The van der Waals surface area contributed by atoms with Crippen molar-refractivity contribution in [2.75, 3.05) is 0 Å². The van der Waals surface area contributed by atoms with Crippen LogP contribution in [0.25, 0.3) is 0 Å². The first-order chi connectivity index (χ1) is 10.9. The van der Waals surface area contributed by atoms with E-state index >= 15 is 0 Å². The fourth-order valence-corrected chi connectivity index (χ4v) is 3.63. The van der Waals surface area contributed by atoms with Crippen LogP contribution in [0.15, 0.2) is 53.4 Å². The molecule has 0 fully saturated rings. The van der Waals surface area contributed by atoms with Crippen molar-refractivity contribution in [3.63, 3.8) is 0 Å². The van der Waals surface area contributed by atoms with Gasteiger partial charge in [0.15, 0.2) is 0 Å². The van der Waals surface area contributed by atoms with Crippen molar-refractivity contribution >= 4 is 10.0 Å². The van der Waals surface area contributed by atoms with Crippen LogP contribution in [0.3, 0.4) is 0 Å². The minimum atomic E-state index is -3.61. The Hall–Kier alpha value is -1.72. The van der Waals surface area contributed by atoms with Crippen molar-refractivity contribution in [1.29, 1.82) is 0 Å². The summed E-state index contributed by atoms with van der Waals surface area (Å²) in [6.45, 7) is 3.96. The maximum atomic E-state index is 13.1. The predicted octanol–water partition coefficient (Wildman–Crippen LogP) is 4.34. The van der Waals surface area contributed by atoms with Gasteiger partial charge in [0.2, 0.25) is 10.0 Å². The number of halogens is 1. The summed E-state index contributed by atoms with van der Waals surface area (Å²) in [5.74, 6) is -0.329. The van der Waals surface area contributed by atoms with Gasteiger partial charge in [-0.25, -0.2) is 17.5 Å². The summed E-state index contributed by atoms with van der Waals surface area (Å²) in [5.41, 5.74) is 1.78. The van der Waals surface area contributed by atoms with Gasteiger partial charge in [-0.3, -0.25) is 0 Å². The molecule has 0 saturated carbocycles.